The molecule has 0 bridgehead atoms. The molecule has 0 spiro atoms. The number of quaternary nitrogens is 1. The van der Waals surface area contributed by atoms with Crippen LogP contribution in [0.15, 0.2) is 72.9 Å². The van der Waals surface area contributed by atoms with Gasteiger partial charge in [0.05, 0.1) is 39.9 Å². The fraction of sp³-hybridized carbons (Fsp3) is 0.843. The summed E-state index contributed by atoms with van der Waals surface area (Å²) < 4.78 is 23.5. The van der Waals surface area contributed by atoms with Crippen molar-refractivity contribution >= 4 is 13.7 Å². The molecular weight excluding hydrogens is 1150 g/mol. The molecule has 8 nitrogen and oxygen atoms in total. The molecule has 9 heteroatoms. The molecule has 0 rings (SSSR count). The molecule has 3 atom stereocenters. The number of hydrogen-bond donors (Lipinski definition) is 2. The highest BCUT2D eigenvalue weighted by atomic mass is 31.2. The first-order chi connectivity index (χ1) is 45.0. The summed E-state index contributed by atoms with van der Waals surface area (Å²) in [4.78, 5) is 25.7. The minimum atomic E-state index is -4.62. The first kappa shape index (κ1) is 89.9. The van der Waals surface area contributed by atoms with Crippen molar-refractivity contribution in [2.75, 3.05) is 40.9 Å². The Morgan fingerprint density at radius 3 is 1.01 bits per heavy atom. The molecule has 2 N–H and O–H groups in total. The average Bonchev–Trinajstić information content (AvgIpc) is 2.63. The Kier molecular flexibility index (Phi) is 71.6. The van der Waals surface area contributed by atoms with E-state index in [1.165, 1.54) is 315 Å². The molecular formula is C83H157N2O6P. The maximum Gasteiger partial charge on any atom is 0.268 e. The molecule has 1 amide bonds. The molecule has 0 fully saturated rings. The third-order valence-electron chi connectivity index (χ3n) is 18.4. The first-order valence-electron chi connectivity index (χ1n) is 40.3. The Hall–Kier alpha value is -2.06. The lowest BCUT2D eigenvalue weighted by Crippen LogP contribution is -2.45. The number of amides is 1. The first-order valence-corrected chi connectivity index (χ1v) is 41.8. The van der Waals surface area contributed by atoms with Crippen molar-refractivity contribution in [1.29, 1.82) is 0 Å². The zero-order valence-electron chi connectivity index (χ0n) is 62.0. The summed E-state index contributed by atoms with van der Waals surface area (Å²) in [6.07, 6.45) is 104. The Morgan fingerprint density at radius 2 is 0.674 bits per heavy atom. The van der Waals surface area contributed by atoms with Crippen LogP contribution in [0.5, 0.6) is 0 Å². The summed E-state index contributed by atoms with van der Waals surface area (Å²) in [6.45, 7) is 4.57. The van der Waals surface area contributed by atoms with Gasteiger partial charge in [0.15, 0.2) is 0 Å². The van der Waals surface area contributed by atoms with Gasteiger partial charge in [0.2, 0.25) is 5.91 Å². The quantitative estimate of drug-likeness (QED) is 0.0272. The topological polar surface area (TPSA) is 108 Å². The summed E-state index contributed by atoms with van der Waals surface area (Å²) in [7, 11) is 1.26. The summed E-state index contributed by atoms with van der Waals surface area (Å²) >= 11 is 0. The molecule has 0 aromatic heterocycles. The minimum absolute atomic E-state index is 0.00534. The number of aliphatic hydroxyl groups excluding tert-OH is 1. The molecule has 0 saturated carbocycles. The van der Waals surface area contributed by atoms with E-state index in [0.717, 1.165) is 64.2 Å². The molecule has 0 heterocycles. The van der Waals surface area contributed by atoms with Gasteiger partial charge in [0.25, 0.3) is 7.82 Å². The van der Waals surface area contributed by atoms with Crippen molar-refractivity contribution in [3.8, 4) is 0 Å². The fourth-order valence-electron chi connectivity index (χ4n) is 12.2. The second-order valence-corrected chi connectivity index (χ2v) is 30.1. The van der Waals surface area contributed by atoms with Gasteiger partial charge in [0.1, 0.15) is 13.2 Å². The van der Waals surface area contributed by atoms with Gasteiger partial charge in [0, 0.05) is 6.42 Å². The number of rotatable bonds is 75. The number of phosphoric ester groups is 1. The monoisotopic (exact) mass is 1310 g/mol. The van der Waals surface area contributed by atoms with Crippen LogP contribution >= 0.6 is 7.82 Å². The Balaban J connectivity index is 3.94. The van der Waals surface area contributed by atoms with Crippen LogP contribution in [0, 0.1) is 0 Å². The summed E-state index contributed by atoms with van der Waals surface area (Å²) in [6, 6.07) is -0.906. The second-order valence-electron chi connectivity index (χ2n) is 28.7. The van der Waals surface area contributed by atoms with Gasteiger partial charge in [-0.05, 0) is 70.6 Å². The lowest BCUT2D eigenvalue weighted by atomic mass is 10.0. The maximum atomic E-state index is 13.1. The zero-order chi connectivity index (χ0) is 66.9. The van der Waals surface area contributed by atoms with Crippen molar-refractivity contribution in [2.45, 2.75) is 411 Å². The third-order valence-corrected chi connectivity index (χ3v) is 19.4. The lowest BCUT2D eigenvalue weighted by Gasteiger charge is -2.29. The predicted octanol–water partition coefficient (Wildman–Crippen LogP) is 25.8. The van der Waals surface area contributed by atoms with Crippen LogP contribution in [0.4, 0.5) is 0 Å². The molecule has 92 heavy (non-hydrogen) atoms. The molecule has 0 saturated heterocycles. The standard InChI is InChI=1S/C83H157N2O6P/c1-6-8-10-12-14-16-18-20-22-24-26-28-30-32-34-36-37-38-39-40-41-42-43-44-45-46-47-49-51-53-55-57-59-61-63-65-67-69-71-73-75-77-83(87)84-81(80-91-92(88,89)90-79-78-85(3,4)5)82(86)76-74-72-70-68-66-64-62-60-58-56-54-52-50-48-35-33-31-29-27-25-23-21-19-17-15-13-11-9-7-2/h8,10,14,16,20,22,26,28,66,68,74,76,81-82,86H,6-7,9,11-13,15,17-19,21,23-25,27,29-65,67,69-73,75,77-80H2,1-5H3,(H-,84,87,88,89)/b10-8-,16-14-,22-20-,28-26-,68-66+,76-74+. The van der Waals surface area contributed by atoms with E-state index in [1.807, 2.05) is 27.2 Å². The van der Waals surface area contributed by atoms with Crippen molar-refractivity contribution in [1.82, 2.24) is 5.32 Å². The normalized spacial score (nSPS) is 13.9. The van der Waals surface area contributed by atoms with Gasteiger partial charge in [-0.2, -0.15) is 0 Å². The number of hydrogen-bond acceptors (Lipinski definition) is 6. The van der Waals surface area contributed by atoms with Gasteiger partial charge in [-0.3, -0.25) is 9.36 Å². The van der Waals surface area contributed by atoms with Gasteiger partial charge >= 0.3 is 0 Å². The maximum absolute atomic E-state index is 13.1. The van der Waals surface area contributed by atoms with Crippen molar-refractivity contribution in [2.24, 2.45) is 0 Å². The minimum Gasteiger partial charge on any atom is -0.756 e. The number of nitrogens with one attached hydrogen (secondary N) is 1. The van der Waals surface area contributed by atoms with E-state index in [0.29, 0.717) is 17.4 Å². The Bertz CT molecular complexity index is 1730. The number of likely N-dealkylation sites (N-methyl/N-ethyl adjacent to an activating group) is 1. The molecule has 0 radical (unpaired) electrons. The molecule has 0 aromatic rings. The molecule has 0 aliphatic rings. The number of aliphatic hydroxyl groups is 1. The Labute approximate surface area is 574 Å². The molecule has 540 valence electrons. The molecule has 0 aromatic carbocycles. The molecule has 3 unspecified atom stereocenters. The molecule has 0 aliphatic heterocycles. The predicted molar refractivity (Wildman–Crippen MR) is 404 cm³/mol. The van der Waals surface area contributed by atoms with Crippen molar-refractivity contribution in [3.63, 3.8) is 0 Å². The van der Waals surface area contributed by atoms with E-state index >= 15 is 0 Å². The van der Waals surface area contributed by atoms with Gasteiger partial charge in [-0.1, -0.05) is 395 Å². The smallest absolute Gasteiger partial charge is 0.268 e. The average molecular weight is 1310 g/mol. The van der Waals surface area contributed by atoms with Crippen LogP contribution in [-0.4, -0.2) is 68.5 Å². The Morgan fingerprint density at radius 1 is 0.391 bits per heavy atom. The third kappa shape index (κ3) is 75.3. The highest BCUT2D eigenvalue weighted by Gasteiger charge is 2.23. The van der Waals surface area contributed by atoms with Crippen LogP contribution in [0.1, 0.15) is 399 Å². The van der Waals surface area contributed by atoms with Gasteiger partial charge in [-0.25, -0.2) is 0 Å². The molecule has 0 aliphatic carbocycles. The second kappa shape index (κ2) is 73.2. The number of phosphoric acid groups is 1. The highest BCUT2D eigenvalue weighted by Crippen LogP contribution is 2.38. The summed E-state index contributed by atoms with van der Waals surface area (Å²) in [5, 5.41) is 14.0. The van der Waals surface area contributed by atoms with E-state index in [2.05, 4.69) is 79.9 Å². The van der Waals surface area contributed by atoms with Crippen LogP contribution in [0.3, 0.4) is 0 Å². The van der Waals surface area contributed by atoms with Crippen LogP contribution in [0.25, 0.3) is 0 Å². The van der Waals surface area contributed by atoms with Crippen LogP contribution < -0.4 is 10.2 Å². The number of allylic oxidation sites excluding steroid dienone is 11. The number of carbonyl (C=O) groups is 1. The SMILES string of the molecule is CC/C=C\C/C=C\C/C=C\C/C=C\CCCCCCCCCCCCCCCCCCCCCCCCCCCCCCC(=O)NC(COP(=O)([O-])OCC[N+](C)(C)C)C(O)/C=C/CC/C=C/CCCCCCCCCCCCCCCCCCCCCCCCC. The highest BCUT2D eigenvalue weighted by molar-refractivity contribution is 7.45. The van der Waals surface area contributed by atoms with E-state index in [4.69, 9.17) is 9.05 Å². The van der Waals surface area contributed by atoms with E-state index < -0.39 is 20.0 Å². The van der Waals surface area contributed by atoms with Crippen LogP contribution in [-0.2, 0) is 18.4 Å². The van der Waals surface area contributed by atoms with Gasteiger partial charge in [-0.15, -0.1) is 0 Å². The van der Waals surface area contributed by atoms with Gasteiger partial charge < -0.3 is 28.8 Å². The number of unbranched alkanes of at least 4 members (excludes halogenated alkanes) is 52. The van der Waals surface area contributed by atoms with E-state index in [9.17, 15) is 19.4 Å². The number of nitrogens with zero attached hydrogens (tertiary/aromatic N) is 1. The van der Waals surface area contributed by atoms with Crippen LogP contribution in [0.2, 0.25) is 0 Å². The largest absolute Gasteiger partial charge is 0.756 e. The number of carbonyl (C=O) groups excluding carboxylic acids is 1. The summed E-state index contributed by atoms with van der Waals surface area (Å²) in [5.74, 6) is -0.199. The van der Waals surface area contributed by atoms with E-state index in [-0.39, 0.29) is 19.1 Å². The zero-order valence-corrected chi connectivity index (χ0v) is 62.9. The van der Waals surface area contributed by atoms with Crippen molar-refractivity contribution in [3.05, 3.63) is 72.9 Å². The fourth-order valence-corrected chi connectivity index (χ4v) is 13.0. The lowest BCUT2D eigenvalue weighted by molar-refractivity contribution is -0.870. The summed E-state index contributed by atoms with van der Waals surface area (Å²) in [5.41, 5.74) is 0. The van der Waals surface area contributed by atoms with E-state index in [1.54, 1.807) is 6.08 Å². The van der Waals surface area contributed by atoms with Crippen molar-refractivity contribution < 1.29 is 32.9 Å².